The molecule has 2 heteroatoms. The number of benzene rings is 1. The average Bonchev–Trinajstić information content (AvgIpc) is 2.66. The molecule has 0 unspecified atom stereocenters. The van der Waals surface area contributed by atoms with Gasteiger partial charge in [0.15, 0.2) is 0 Å². The van der Waals surface area contributed by atoms with Gasteiger partial charge in [-0.2, -0.15) is 0 Å². The van der Waals surface area contributed by atoms with Crippen molar-refractivity contribution in [3.63, 3.8) is 0 Å². The van der Waals surface area contributed by atoms with Crippen molar-refractivity contribution in [3.05, 3.63) is 48.3 Å². The van der Waals surface area contributed by atoms with E-state index in [1.165, 1.54) is 18.4 Å². The van der Waals surface area contributed by atoms with Crippen molar-refractivity contribution in [3.8, 4) is 0 Å². The Balaban J connectivity index is 1.70. The highest BCUT2D eigenvalue weighted by Crippen LogP contribution is 2.07. The van der Waals surface area contributed by atoms with Gasteiger partial charge in [-0.15, -0.1) is 0 Å². The van der Waals surface area contributed by atoms with Gasteiger partial charge in [0.05, 0.1) is 6.67 Å². The molecular formula is C13H18N2. The van der Waals surface area contributed by atoms with Gasteiger partial charge in [-0.3, -0.25) is 0 Å². The van der Waals surface area contributed by atoms with Crippen molar-refractivity contribution in [1.29, 1.82) is 0 Å². The molecule has 0 amide bonds. The predicted octanol–water partition coefficient (Wildman–Crippen LogP) is 2.30. The third-order valence-electron chi connectivity index (χ3n) is 2.69. The summed E-state index contributed by atoms with van der Waals surface area (Å²) in [6, 6.07) is 10.7. The fraction of sp³-hybridized carbons (Fsp3) is 0.385. The molecule has 0 saturated carbocycles. The van der Waals surface area contributed by atoms with Crippen LogP contribution in [0.5, 0.6) is 0 Å². The SMILES string of the molecule is CN1C=CN(CCCc2ccccc2)C1. The van der Waals surface area contributed by atoms with E-state index in [0.29, 0.717) is 0 Å². The number of hydrogen-bond donors (Lipinski definition) is 0. The van der Waals surface area contributed by atoms with Crippen LogP contribution in [0.2, 0.25) is 0 Å². The Kier molecular flexibility index (Phi) is 3.28. The summed E-state index contributed by atoms with van der Waals surface area (Å²) in [5.74, 6) is 0. The minimum absolute atomic E-state index is 1.04. The molecule has 0 aromatic heterocycles. The summed E-state index contributed by atoms with van der Waals surface area (Å²) in [5, 5.41) is 0. The molecule has 0 radical (unpaired) electrons. The minimum Gasteiger partial charge on any atom is -0.362 e. The summed E-state index contributed by atoms with van der Waals surface area (Å²) >= 11 is 0. The lowest BCUT2D eigenvalue weighted by molar-refractivity contribution is 0.294. The summed E-state index contributed by atoms with van der Waals surface area (Å²) < 4.78 is 0. The smallest absolute Gasteiger partial charge is 0.0890 e. The lowest BCUT2D eigenvalue weighted by atomic mass is 10.1. The molecule has 1 aromatic rings. The molecule has 0 aliphatic carbocycles. The van der Waals surface area contributed by atoms with Crippen molar-refractivity contribution >= 4 is 0 Å². The Morgan fingerprint density at radius 2 is 1.93 bits per heavy atom. The first-order chi connectivity index (χ1) is 7.34. The van der Waals surface area contributed by atoms with Crippen LogP contribution in [0.1, 0.15) is 12.0 Å². The van der Waals surface area contributed by atoms with Crippen molar-refractivity contribution in [1.82, 2.24) is 9.80 Å². The standard InChI is InChI=1S/C13H18N2/c1-14-10-11-15(12-14)9-5-8-13-6-3-2-4-7-13/h2-4,6-7,10-11H,5,8-9,12H2,1H3. The van der Waals surface area contributed by atoms with Gasteiger partial charge in [0, 0.05) is 26.0 Å². The molecule has 1 aliphatic heterocycles. The van der Waals surface area contributed by atoms with Crippen molar-refractivity contribution in [2.45, 2.75) is 12.8 Å². The van der Waals surface area contributed by atoms with E-state index in [2.05, 4.69) is 59.6 Å². The maximum atomic E-state index is 2.35. The van der Waals surface area contributed by atoms with Gasteiger partial charge >= 0.3 is 0 Å². The van der Waals surface area contributed by atoms with E-state index < -0.39 is 0 Å². The first-order valence-corrected chi connectivity index (χ1v) is 5.51. The summed E-state index contributed by atoms with van der Waals surface area (Å²) in [6.07, 6.45) is 6.70. The van der Waals surface area contributed by atoms with Crippen LogP contribution < -0.4 is 0 Å². The summed E-state index contributed by atoms with van der Waals surface area (Å²) in [4.78, 5) is 4.55. The molecule has 1 aromatic carbocycles. The Morgan fingerprint density at radius 3 is 2.60 bits per heavy atom. The van der Waals surface area contributed by atoms with E-state index in [9.17, 15) is 0 Å². The van der Waals surface area contributed by atoms with Crippen molar-refractivity contribution in [2.75, 3.05) is 20.3 Å². The van der Waals surface area contributed by atoms with Crippen LogP contribution >= 0.6 is 0 Å². The Bertz CT molecular complexity index is 319. The van der Waals surface area contributed by atoms with Crippen LogP contribution in [0.25, 0.3) is 0 Å². The second kappa shape index (κ2) is 4.87. The van der Waals surface area contributed by atoms with Gasteiger partial charge in [-0.25, -0.2) is 0 Å². The second-order valence-electron chi connectivity index (χ2n) is 4.10. The van der Waals surface area contributed by atoms with Gasteiger partial charge in [-0.1, -0.05) is 30.3 Å². The maximum Gasteiger partial charge on any atom is 0.0890 e. The monoisotopic (exact) mass is 202 g/mol. The van der Waals surface area contributed by atoms with Crippen LogP contribution in [0.3, 0.4) is 0 Å². The van der Waals surface area contributed by atoms with Crippen LogP contribution in [0, 0.1) is 0 Å². The van der Waals surface area contributed by atoms with E-state index in [1.54, 1.807) is 0 Å². The lowest BCUT2D eigenvalue weighted by Crippen LogP contribution is -2.23. The Morgan fingerprint density at radius 1 is 1.13 bits per heavy atom. The summed E-state index contributed by atoms with van der Waals surface area (Å²) in [5.41, 5.74) is 1.44. The van der Waals surface area contributed by atoms with Gasteiger partial charge in [0.1, 0.15) is 0 Å². The van der Waals surface area contributed by atoms with Crippen molar-refractivity contribution in [2.24, 2.45) is 0 Å². The lowest BCUT2D eigenvalue weighted by Gasteiger charge is -2.17. The van der Waals surface area contributed by atoms with E-state index in [0.717, 1.165) is 13.2 Å². The number of aryl methyl sites for hydroxylation is 1. The molecule has 0 spiro atoms. The van der Waals surface area contributed by atoms with Gasteiger partial charge < -0.3 is 9.80 Å². The fourth-order valence-corrected chi connectivity index (χ4v) is 1.87. The molecule has 0 atom stereocenters. The molecule has 0 bridgehead atoms. The molecule has 0 fully saturated rings. The third-order valence-corrected chi connectivity index (χ3v) is 2.69. The topological polar surface area (TPSA) is 6.48 Å². The fourth-order valence-electron chi connectivity index (χ4n) is 1.87. The molecule has 0 N–H and O–H groups in total. The molecule has 80 valence electrons. The predicted molar refractivity (Wildman–Crippen MR) is 63.2 cm³/mol. The Hall–Kier alpha value is -1.44. The van der Waals surface area contributed by atoms with Gasteiger partial charge in [0.25, 0.3) is 0 Å². The molecule has 15 heavy (non-hydrogen) atoms. The highest BCUT2D eigenvalue weighted by Gasteiger charge is 2.06. The number of nitrogens with zero attached hydrogens (tertiary/aromatic N) is 2. The van der Waals surface area contributed by atoms with E-state index in [1.807, 2.05) is 0 Å². The quantitative estimate of drug-likeness (QED) is 0.739. The highest BCUT2D eigenvalue weighted by atomic mass is 15.3. The van der Waals surface area contributed by atoms with E-state index in [-0.39, 0.29) is 0 Å². The normalized spacial score (nSPS) is 15.0. The Labute approximate surface area is 91.8 Å². The summed E-state index contributed by atoms with van der Waals surface area (Å²) in [7, 11) is 2.10. The molecule has 1 heterocycles. The molecular weight excluding hydrogens is 184 g/mol. The van der Waals surface area contributed by atoms with Crippen LogP contribution in [-0.2, 0) is 6.42 Å². The van der Waals surface area contributed by atoms with Crippen LogP contribution in [0.15, 0.2) is 42.7 Å². The number of hydrogen-bond acceptors (Lipinski definition) is 2. The zero-order chi connectivity index (χ0) is 10.5. The second-order valence-corrected chi connectivity index (χ2v) is 4.10. The van der Waals surface area contributed by atoms with Crippen LogP contribution in [-0.4, -0.2) is 30.1 Å². The minimum atomic E-state index is 1.04. The zero-order valence-electron chi connectivity index (χ0n) is 9.26. The van der Waals surface area contributed by atoms with Crippen LogP contribution in [0.4, 0.5) is 0 Å². The molecule has 2 nitrogen and oxygen atoms in total. The molecule has 0 saturated heterocycles. The van der Waals surface area contributed by atoms with Crippen molar-refractivity contribution < 1.29 is 0 Å². The first-order valence-electron chi connectivity index (χ1n) is 5.51. The largest absolute Gasteiger partial charge is 0.362 e. The van der Waals surface area contributed by atoms with Gasteiger partial charge in [-0.05, 0) is 18.4 Å². The average molecular weight is 202 g/mol. The molecule has 1 aliphatic rings. The maximum absolute atomic E-state index is 2.35. The van der Waals surface area contributed by atoms with Gasteiger partial charge in [0.2, 0.25) is 0 Å². The zero-order valence-corrected chi connectivity index (χ0v) is 9.26. The molecule has 2 rings (SSSR count). The third kappa shape index (κ3) is 3.01. The van der Waals surface area contributed by atoms with E-state index >= 15 is 0 Å². The first kappa shape index (κ1) is 10.1. The van der Waals surface area contributed by atoms with E-state index in [4.69, 9.17) is 0 Å². The highest BCUT2D eigenvalue weighted by molar-refractivity contribution is 5.14. The summed E-state index contributed by atoms with van der Waals surface area (Å²) in [6.45, 7) is 2.19. The number of rotatable bonds is 4.